The molecule has 0 bridgehead atoms. The molecule has 0 fully saturated rings. The Bertz CT molecular complexity index is 846. The van der Waals surface area contributed by atoms with Crippen LogP contribution in [0.15, 0.2) is 73.1 Å². The van der Waals surface area contributed by atoms with Gasteiger partial charge in [-0.2, -0.15) is 0 Å². The highest BCUT2D eigenvalue weighted by atomic mass is 16.5. The van der Waals surface area contributed by atoms with Gasteiger partial charge >= 0.3 is 0 Å². The number of benzene rings is 2. The second-order valence-electron chi connectivity index (χ2n) is 6.21. The van der Waals surface area contributed by atoms with Gasteiger partial charge in [-0.15, -0.1) is 0 Å². The molecule has 0 unspecified atom stereocenters. The number of anilines is 1. The van der Waals surface area contributed by atoms with Crippen LogP contribution in [0.2, 0.25) is 0 Å². The monoisotopic (exact) mass is 346 g/mol. The SMILES string of the molecule is Cc1ccc(COc2cccc(NC(=O)CCc3cccnc3)c2)cc1. The first-order valence-corrected chi connectivity index (χ1v) is 8.66. The van der Waals surface area contributed by atoms with Crippen LogP contribution in [0, 0.1) is 6.92 Å². The molecular weight excluding hydrogens is 324 g/mol. The summed E-state index contributed by atoms with van der Waals surface area (Å²) in [6.07, 6.45) is 4.60. The van der Waals surface area contributed by atoms with Gasteiger partial charge in [0.1, 0.15) is 12.4 Å². The number of ether oxygens (including phenoxy) is 1. The van der Waals surface area contributed by atoms with Gasteiger partial charge < -0.3 is 10.1 Å². The zero-order chi connectivity index (χ0) is 18.2. The van der Waals surface area contributed by atoms with Crippen molar-refractivity contribution in [3.63, 3.8) is 0 Å². The van der Waals surface area contributed by atoms with Gasteiger partial charge in [-0.05, 0) is 42.7 Å². The first kappa shape index (κ1) is 17.7. The molecular formula is C22H22N2O2. The first-order chi connectivity index (χ1) is 12.7. The minimum atomic E-state index is -0.0236. The summed E-state index contributed by atoms with van der Waals surface area (Å²) in [6.45, 7) is 2.56. The molecule has 0 spiro atoms. The summed E-state index contributed by atoms with van der Waals surface area (Å²) in [6, 6.07) is 19.6. The molecule has 0 aliphatic rings. The first-order valence-electron chi connectivity index (χ1n) is 8.66. The van der Waals surface area contributed by atoms with Crippen LogP contribution < -0.4 is 10.1 Å². The highest BCUT2D eigenvalue weighted by Gasteiger charge is 2.05. The van der Waals surface area contributed by atoms with Gasteiger partial charge in [0.25, 0.3) is 0 Å². The Morgan fingerprint density at radius 2 is 1.88 bits per heavy atom. The van der Waals surface area contributed by atoms with Gasteiger partial charge in [0.15, 0.2) is 0 Å². The summed E-state index contributed by atoms with van der Waals surface area (Å²) in [7, 11) is 0. The van der Waals surface area contributed by atoms with Crippen molar-refractivity contribution in [2.45, 2.75) is 26.4 Å². The maximum atomic E-state index is 12.1. The van der Waals surface area contributed by atoms with E-state index in [2.05, 4.69) is 41.5 Å². The average Bonchev–Trinajstić information content (AvgIpc) is 2.67. The van der Waals surface area contributed by atoms with Crippen molar-refractivity contribution in [3.8, 4) is 5.75 Å². The summed E-state index contributed by atoms with van der Waals surface area (Å²) in [4.78, 5) is 16.2. The maximum Gasteiger partial charge on any atom is 0.224 e. The molecule has 0 atom stereocenters. The van der Waals surface area contributed by atoms with Crippen LogP contribution in [-0.2, 0) is 17.8 Å². The summed E-state index contributed by atoms with van der Waals surface area (Å²) < 4.78 is 5.82. The lowest BCUT2D eigenvalue weighted by molar-refractivity contribution is -0.116. The topological polar surface area (TPSA) is 51.2 Å². The van der Waals surface area contributed by atoms with Crippen LogP contribution in [0.4, 0.5) is 5.69 Å². The molecule has 1 aromatic heterocycles. The van der Waals surface area contributed by atoms with Crippen LogP contribution >= 0.6 is 0 Å². The second-order valence-corrected chi connectivity index (χ2v) is 6.21. The van der Waals surface area contributed by atoms with Crippen LogP contribution in [-0.4, -0.2) is 10.9 Å². The van der Waals surface area contributed by atoms with E-state index in [4.69, 9.17) is 4.74 Å². The standard InChI is InChI=1S/C22H22N2O2/c1-17-7-9-19(10-8-17)16-26-21-6-2-5-20(14-21)24-22(25)12-11-18-4-3-13-23-15-18/h2-10,13-15H,11-12,16H2,1H3,(H,24,25). The van der Waals surface area contributed by atoms with Crippen molar-refractivity contribution in [2.75, 3.05) is 5.32 Å². The second kappa shape index (κ2) is 8.81. The van der Waals surface area contributed by atoms with E-state index in [1.165, 1.54) is 5.56 Å². The molecule has 3 rings (SSSR count). The van der Waals surface area contributed by atoms with E-state index >= 15 is 0 Å². The van der Waals surface area contributed by atoms with E-state index in [0.717, 1.165) is 22.6 Å². The molecule has 4 nitrogen and oxygen atoms in total. The predicted molar refractivity (Wildman–Crippen MR) is 103 cm³/mol. The number of hydrogen-bond acceptors (Lipinski definition) is 3. The van der Waals surface area contributed by atoms with Crippen LogP contribution in [0.25, 0.3) is 0 Å². The Kier molecular flexibility index (Phi) is 5.99. The van der Waals surface area contributed by atoms with Crippen molar-refractivity contribution < 1.29 is 9.53 Å². The Morgan fingerprint density at radius 3 is 2.65 bits per heavy atom. The molecule has 0 saturated heterocycles. The van der Waals surface area contributed by atoms with Crippen LogP contribution in [0.5, 0.6) is 5.75 Å². The third-order valence-electron chi connectivity index (χ3n) is 4.01. The van der Waals surface area contributed by atoms with Crippen molar-refractivity contribution in [2.24, 2.45) is 0 Å². The van der Waals surface area contributed by atoms with Gasteiger partial charge in [-0.3, -0.25) is 9.78 Å². The lowest BCUT2D eigenvalue weighted by Gasteiger charge is -2.10. The predicted octanol–water partition coefficient (Wildman–Crippen LogP) is 4.54. The van der Waals surface area contributed by atoms with Gasteiger partial charge in [-0.1, -0.05) is 42.0 Å². The molecule has 1 heterocycles. The molecule has 132 valence electrons. The summed E-state index contributed by atoms with van der Waals surface area (Å²) >= 11 is 0. The lowest BCUT2D eigenvalue weighted by atomic mass is 10.1. The van der Waals surface area contributed by atoms with E-state index in [1.54, 1.807) is 12.4 Å². The van der Waals surface area contributed by atoms with Gasteiger partial charge in [-0.25, -0.2) is 0 Å². The third-order valence-corrected chi connectivity index (χ3v) is 4.01. The Labute approximate surface area is 153 Å². The van der Waals surface area contributed by atoms with E-state index < -0.39 is 0 Å². The van der Waals surface area contributed by atoms with E-state index in [0.29, 0.717) is 19.4 Å². The Balaban J connectivity index is 1.51. The number of carbonyl (C=O) groups excluding carboxylic acids is 1. The van der Waals surface area contributed by atoms with Crippen molar-refractivity contribution in [1.29, 1.82) is 0 Å². The summed E-state index contributed by atoms with van der Waals surface area (Å²) in [5.41, 5.74) is 4.13. The van der Waals surface area contributed by atoms with Crippen LogP contribution in [0.1, 0.15) is 23.1 Å². The Morgan fingerprint density at radius 1 is 1.04 bits per heavy atom. The number of nitrogens with one attached hydrogen (secondary N) is 1. The minimum Gasteiger partial charge on any atom is -0.489 e. The fourth-order valence-electron chi connectivity index (χ4n) is 2.54. The minimum absolute atomic E-state index is 0.0236. The average molecular weight is 346 g/mol. The molecule has 26 heavy (non-hydrogen) atoms. The summed E-state index contributed by atoms with van der Waals surface area (Å²) in [5, 5.41) is 2.92. The van der Waals surface area contributed by atoms with E-state index in [9.17, 15) is 4.79 Å². The van der Waals surface area contributed by atoms with E-state index in [-0.39, 0.29) is 5.91 Å². The number of carbonyl (C=O) groups is 1. The zero-order valence-electron chi connectivity index (χ0n) is 14.8. The zero-order valence-corrected chi connectivity index (χ0v) is 14.8. The highest BCUT2D eigenvalue weighted by Crippen LogP contribution is 2.19. The molecule has 0 aliphatic carbocycles. The number of amides is 1. The largest absolute Gasteiger partial charge is 0.489 e. The van der Waals surface area contributed by atoms with E-state index in [1.807, 2.05) is 36.4 Å². The number of aryl methyl sites for hydroxylation is 2. The molecule has 3 aromatic rings. The molecule has 4 heteroatoms. The normalized spacial score (nSPS) is 10.3. The quantitative estimate of drug-likeness (QED) is 0.683. The van der Waals surface area contributed by atoms with Gasteiger partial charge in [0.2, 0.25) is 5.91 Å². The fourth-order valence-corrected chi connectivity index (χ4v) is 2.54. The Hall–Kier alpha value is -3.14. The smallest absolute Gasteiger partial charge is 0.224 e. The van der Waals surface area contributed by atoms with Crippen molar-refractivity contribution in [1.82, 2.24) is 4.98 Å². The molecule has 0 aliphatic heterocycles. The molecule has 2 aromatic carbocycles. The van der Waals surface area contributed by atoms with Crippen molar-refractivity contribution in [3.05, 3.63) is 89.7 Å². The van der Waals surface area contributed by atoms with Gasteiger partial charge in [0, 0.05) is 30.6 Å². The summed E-state index contributed by atoms with van der Waals surface area (Å²) in [5.74, 6) is 0.708. The fraction of sp³-hybridized carbons (Fsp3) is 0.182. The molecule has 0 saturated carbocycles. The van der Waals surface area contributed by atoms with Crippen LogP contribution in [0.3, 0.4) is 0 Å². The van der Waals surface area contributed by atoms with Gasteiger partial charge in [0.05, 0.1) is 0 Å². The number of rotatable bonds is 7. The maximum absolute atomic E-state index is 12.1. The number of pyridine rings is 1. The molecule has 1 N–H and O–H groups in total. The molecule has 0 radical (unpaired) electrons. The highest BCUT2D eigenvalue weighted by molar-refractivity contribution is 5.91. The third kappa shape index (κ3) is 5.45. The number of hydrogen-bond donors (Lipinski definition) is 1. The lowest BCUT2D eigenvalue weighted by Crippen LogP contribution is -2.12. The number of nitrogens with zero attached hydrogens (tertiary/aromatic N) is 1. The van der Waals surface area contributed by atoms with Crippen molar-refractivity contribution >= 4 is 11.6 Å². The molecule has 1 amide bonds. The number of aromatic nitrogens is 1.